The molecule has 1 saturated heterocycles. The van der Waals surface area contributed by atoms with Gasteiger partial charge in [0.25, 0.3) is 0 Å². The van der Waals surface area contributed by atoms with Crippen molar-refractivity contribution in [3.63, 3.8) is 0 Å². The molecule has 0 aliphatic carbocycles. The largest absolute Gasteiger partial charge is 0.394 e. The van der Waals surface area contributed by atoms with Crippen LogP contribution in [0.1, 0.15) is 38.8 Å². The van der Waals surface area contributed by atoms with Crippen molar-refractivity contribution in [2.75, 3.05) is 24.6 Å². The van der Waals surface area contributed by atoms with Crippen LogP contribution in [0.2, 0.25) is 5.02 Å². The van der Waals surface area contributed by atoms with Crippen molar-refractivity contribution in [2.24, 2.45) is 5.92 Å². The molecular formula is C16H25ClN2O. The molecular weight excluding hydrogens is 272 g/mol. The van der Waals surface area contributed by atoms with Crippen LogP contribution in [0.5, 0.6) is 0 Å². The molecule has 1 aliphatic heterocycles. The van der Waals surface area contributed by atoms with E-state index in [4.69, 9.17) is 11.6 Å². The molecule has 112 valence electrons. The zero-order valence-corrected chi connectivity index (χ0v) is 13.3. The summed E-state index contributed by atoms with van der Waals surface area (Å²) < 4.78 is 0. The van der Waals surface area contributed by atoms with Crippen molar-refractivity contribution in [3.8, 4) is 0 Å². The molecule has 1 fully saturated rings. The molecule has 3 unspecified atom stereocenters. The second-order valence-electron chi connectivity index (χ2n) is 5.70. The van der Waals surface area contributed by atoms with Crippen LogP contribution in [0.3, 0.4) is 0 Å². The molecule has 1 aliphatic rings. The van der Waals surface area contributed by atoms with Gasteiger partial charge in [-0.1, -0.05) is 31.5 Å². The Hall–Kier alpha value is -0.770. The summed E-state index contributed by atoms with van der Waals surface area (Å²) in [7, 11) is 0. The maximum atomic E-state index is 9.58. The van der Waals surface area contributed by atoms with Crippen LogP contribution in [-0.4, -0.2) is 30.8 Å². The highest BCUT2D eigenvalue weighted by molar-refractivity contribution is 6.33. The van der Waals surface area contributed by atoms with Gasteiger partial charge in [-0.05, 0) is 43.5 Å². The zero-order chi connectivity index (χ0) is 14.7. The van der Waals surface area contributed by atoms with Gasteiger partial charge in [0.05, 0.1) is 23.4 Å². The zero-order valence-electron chi connectivity index (χ0n) is 12.6. The lowest BCUT2D eigenvalue weighted by molar-refractivity contribution is 0.245. The Labute approximate surface area is 126 Å². The molecule has 0 spiro atoms. The topological polar surface area (TPSA) is 35.5 Å². The molecule has 0 bridgehead atoms. The van der Waals surface area contributed by atoms with Crippen molar-refractivity contribution in [2.45, 2.75) is 39.3 Å². The molecule has 3 nitrogen and oxygen atoms in total. The standard InChI is InChI=1S/C16H25ClN2O/c1-4-18-12(3)13-5-6-15(14(17)9-13)19-8-7-11(2)16(19)10-20/h5-6,9,11-12,16,18,20H,4,7-8,10H2,1-3H3. The third kappa shape index (κ3) is 3.11. The van der Waals surface area contributed by atoms with E-state index < -0.39 is 0 Å². The third-order valence-electron chi connectivity index (χ3n) is 4.36. The fourth-order valence-electron chi connectivity index (χ4n) is 3.04. The molecule has 2 rings (SSSR count). The van der Waals surface area contributed by atoms with Crippen LogP contribution in [0.25, 0.3) is 0 Å². The number of rotatable bonds is 5. The van der Waals surface area contributed by atoms with E-state index in [0.717, 1.165) is 30.2 Å². The lowest BCUT2D eigenvalue weighted by Crippen LogP contribution is -2.35. The number of halogens is 1. The van der Waals surface area contributed by atoms with Crippen LogP contribution in [0.4, 0.5) is 5.69 Å². The fraction of sp³-hybridized carbons (Fsp3) is 0.625. The molecule has 0 amide bonds. The molecule has 0 radical (unpaired) electrons. The summed E-state index contributed by atoms with van der Waals surface area (Å²) in [4.78, 5) is 2.24. The number of aliphatic hydroxyl groups is 1. The quantitative estimate of drug-likeness (QED) is 0.876. The van der Waals surface area contributed by atoms with Crippen LogP contribution in [-0.2, 0) is 0 Å². The first kappa shape index (κ1) is 15.6. The summed E-state index contributed by atoms with van der Waals surface area (Å²) >= 11 is 6.47. The van der Waals surface area contributed by atoms with Crippen molar-refractivity contribution in [1.82, 2.24) is 5.32 Å². The van der Waals surface area contributed by atoms with Gasteiger partial charge in [0.2, 0.25) is 0 Å². The monoisotopic (exact) mass is 296 g/mol. The Morgan fingerprint density at radius 1 is 1.50 bits per heavy atom. The van der Waals surface area contributed by atoms with E-state index in [1.54, 1.807) is 0 Å². The van der Waals surface area contributed by atoms with E-state index in [2.05, 4.69) is 43.1 Å². The first-order valence-electron chi connectivity index (χ1n) is 7.48. The van der Waals surface area contributed by atoms with E-state index in [0.29, 0.717) is 12.0 Å². The Balaban J connectivity index is 2.21. The van der Waals surface area contributed by atoms with Gasteiger partial charge in [-0.2, -0.15) is 0 Å². The third-order valence-corrected chi connectivity index (χ3v) is 4.66. The lowest BCUT2D eigenvalue weighted by atomic mass is 10.0. The maximum absolute atomic E-state index is 9.58. The van der Waals surface area contributed by atoms with Gasteiger partial charge in [-0.15, -0.1) is 0 Å². The van der Waals surface area contributed by atoms with E-state index in [-0.39, 0.29) is 12.6 Å². The van der Waals surface area contributed by atoms with Crippen molar-refractivity contribution in [1.29, 1.82) is 0 Å². The summed E-state index contributed by atoms with van der Waals surface area (Å²) in [5, 5.41) is 13.7. The number of hydrogen-bond donors (Lipinski definition) is 2. The average molecular weight is 297 g/mol. The highest BCUT2D eigenvalue weighted by atomic mass is 35.5. The Bertz CT molecular complexity index is 452. The summed E-state index contributed by atoms with van der Waals surface area (Å²) in [5.74, 6) is 0.511. The lowest BCUT2D eigenvalue weighted by Gasteiger charge is -2.28. The maximum Gasteiger partial charge on any atom is 0.0643 e. The first-order valence-corrected chi connectivity index (χ1v) is 7.86. The van der Waals surface area contributed by atoms with Crippen LogP contribution in [0.15, 0.2) is 18.2 Å². The molecule has 2 N–H and O–H groups in total. The van der Waals surface area contributed by atoms with Crippen LogP contribution in [0, 0.1) is 5.92 Å². The second kappa shape index (κ2) is 6.79. The summed E-state index contributed by atoms with van der Waals surface area (Å²) in [6.45, 7) is 8.53. The number of anilines is 1. The van der Waals surface area contributed by atoms with Gasteiger partial charge in [0.1, 0.15) is 0 Å². The molecule has 3 atom stereocenters. The smallest absolute Gasteiger partial charge is 0.0643 e. The second-order valence-corrected chi connectivity index (χ2v) is 6.11. The van der Waals surface area contributed by atoms with Gasteiger partial charge in [0, 0.05) is 12.6 Å². The van der Waals surface area contributed by atoms with E-state index in [9.17, 15) is 5.11 Å². The van der Waals surface area contributed by atoms with Gasteiger partial charge in [-0.3, -0.25) is 0 Å². The van der Waals surface area contributed by atoms with E-state index in [1.165, 1.54) is 5.56 Å². The molecule has 1 aromatic rings. The fourth-order valence-corrected chi connectivity index (χ4v) is 3.33. The molecule has 1 heterocycles. The van der Waals surface area contributed by atoms with Crippen LogP contribution < -0.4 is 10.2 Å². The molecule has 4 heteroatoms. The number of nitrogens with zero attached hydrogens (tertiary/aromatic N) is 1. The minimum absolute atomic E-state index is 0.185. The summed E-state index contributed by atoms with van der Waals surface area (Å²) in [6.07, 6.45) is 1.11. The van der Waals surface area contributed by atoms with E-state index in [1.807, 2.05) is 6.07 Å². The Morgan fingerprint density at radius 3 is 2.85 bits per heavy atom. The molecule has 20 heavy (non-hydrogen) atoms. The number of aliphatic hydroxyl groups excluding tert-OH is 1. The number of nitrogens with one attached hydrogen (secondary N) is 1. The number of benzene rings is 1. The van der Waals surface area contributed by atoms with Gasteiger partial charge < -0.3 is 15.3 Å². The van der Waals surface area contributed by atoms with Crippen molar-refractivity contribution >= 4 is 17.3 Å². The minimum atomic E-state index is 0.185. The molecule has 1 aromatic carbocycles. The van der Waals surface area contributed by atoms with Crippen molar-refractivity contribution in [3.05, 3.63) is 28.8 Å². The molecule has 0 saturated carbocycles. The minimum Gasteiger partial charge on any atom is -0.394 e. The SMILES string of the molecule is CCNC(C)c1ccc(N2CCC(C)C2CO)c(Cl)c1. The van der Waals surface area contributed by atoms with Crippen LogP contribution >= 0.6 is 11.6 Å². The normalized spacial score (nSPS) is 24.1. The predicted molar refractivity (Wildman–Crippen MR) is 85.5 cm³/mol. The summed E-state index contributed by atoms with van der Waals surface area (Å²) in [6, 6.07) is 6.75. The van der Waals surface area contributed by atoms with Gasteiger partial charge in [-0.25, -0.2) is 0 Å². The first-order chi connectivity index (χ1) is 9.58. The molecule has 0 aromatic heterocycles. The van der Waals surface area contributed by atoms with Gasteiger partial charge >= 0.3 is 0 Å². The van der Waals surface area contributed by atoms with Gasteiger partial charge in [0.15, 0.2) is 0 Å². The Morgan fingerprint density at radius 2 is 2.25 bits per heavy atom. The summed E-state index contributed by atoms with van der Waals surface area (Å²) in [5.41, 5.74) is 2.25. The highest BCUT2D eigenvalue weighted by Crippen LogP contribution is 2.35. The van der Waals surface area contributed by atoms with Crippen molar-refractivity contribution < 1.29 is 5.11 Å². The predicted octanol–water partition coefficient (Wildman–Crippen LogP) is 3.22. The number of hydrogen-bond acceptors (Lipinski definition) is 3. The Kier molecular flexibility index (Phi) is 5.30. The highest BCUT2D eigenvalue weighted by Gasteiger charge is 2.31. The average Bonchev–Trinajstić information content (AvgIpc) is 2.79. The van der Waals surface area contributed by atoms with E-state index >= 15 is 0 Å².